The molecular weight excluding hydrogens is 304 g/mol. The van der Waals surface area contributed by atoms with Crippen LogP contribution in [0.3, 0.4) is 0 Å². The predicted octanol–water partition coefficient (Wildman–Crippen LogP) is 6.57. The fraction of sp³-hybridized carbons (Fsp3) is 0. The Bertz CT molecular complexity index is 719. The summed E-state index contributed by atoms with van der Waals surface area (Å²) in [5, 5.41) is 2.24. The van der Waals surface area contributed by atoms with E-state index in [9.17, 15) is 0 Å². The van der Waals surface area contributed by atoms with Crippen LogP contribution in [-0.2, 0) is 0 Å². The summed E-state index contributed by atoms with van der Waals surface area (Å²) >= 11 is 3.56. The fourth-order valence-corrected chi connectivity index (χ4v) is 3.82. The summed E-state index contributed by atoms with van der Waals surface area (Å²) in [5.74, 6) is 0. The summed E-state index contributed by atoms with van der Waals surface area (Å²) in [6.07, 6.45) is 0. The Labute approximate surface area is 140 Å². The van der Waals surface area contributed by atoms with Crippen LogP contribution in [0.1, 0.15) is 5.56 Å². The largest absolute Gasteiger partial charge is 0.0969 e. The fourth-order valence-electron chi connectivity index (χ4n) is 1.99. The van der Waals surface area contributed by atoms with Crippen molar-refractivity contribution >= 4 is 28.4 Å². The molecule has 0 unspecified atom stereocenters. The highest BCUT2D eigenvalue weighted by molar-refractivity contribution is 8.10. The SMILES string of the molecule is C(Sc1ccccc1)=C(Sc1ccccc1)c1ccccc1. The highest BCUT2D eigenvalue weighted by Gasteiger charge is 2.04. The van der Waals surface area contributed by atoms with Gasteiger partial charge in [0.1, 0.15) is 0 Å². The lowest BCUT2D eigenvalue weighted by Gasteiger charge is -2.08. The molecule has 3 aromatic rings. The zero-order valence-corrected chi connectivity index (χ0v) is 13.7. The molecule has 0 saturated carbocycles. The van der Waals surface area contributed by atoms with Crippen molar-refractivity contribution < 1.29 is 0 Å². The smallest absolute Gasteiger partial charge is 0.0261 e. The van der Waals surface area contributed by atoms with Gasteiger partial charge in [0.05, 0.1) is 0 Å². The monoisotopic (exact) mass is 320 g/mol. The molecule has 0 atom stereocenters. The third-order valence-corrected chi connectivity index (χ3v) is 5.20. The van der Waals surface area contributed by atoms with Crippen LogP contribution in [0.2, 0.25) is 0 Å². The lowest BCUT2D eigenvalue weighted by Crippen LogP contribution is -1.79. The van der Waals surface area contributed by atoms with Gasteiger partial charge < -0.3 is 0 Å². The van der Waals surface area contributed by atoms with Crippen LogP contribution in [-0.4, -0.2) is 0 Å². The van der Waals surface area contributed by atoms with E-state index in [1.165, 1.54) is 20.3 Å². The normalized spacial score (nSPS) is 11.4. The molecule has 0 bridgehead atoms. The maximum absolute atomic E-state index is 2.24. The molecule has 0 aliphatic heterocycles. The van der Waals surface area contributed by atoms with Gasteiger partial charge in [0.15, 0.2) is 0 Å². The van der Waals surface area contributed by atoms with Crippen molar-refractivity contribution in [3.05, 3.63) is 102 Å². The number of rotatable bonds is 5. The molecule has 0 saturated heterocycles. The maximum Gasteiger partial charge on any atom is 0.0261 e. The van der Waals surface area contributed by atoms with E-state index in [2.05, 4.69) is 90.3 Å². The van der Waals surface area contributed by atoms with Crippen LogP contribution >= 0.6 is 23.5 Å². The Morgan fingerprint density at radius 2 is 1.09 bits per heavy atom. The average Bonchev–Trinajstić information content (AvgIpc) is 2.61. The van der Waals surface area contributed by atoms with Gasteiger partial charge in [-0.05, 0) is 35.2 Å². The van der Waals surface area contributed by atoms with E-state index >= 15 is 0 Å². The molecule has 0 aliphatic rings. The van der Waals surface area contributed by atoms with Crippen molar-refractivity contribution in [1.29, 1.82) is 0 Å². The minimum absolute atomic E-state index is 1.25. The van der Waals surface area contributed by atoms with Crippen LogP contribution in [0.5, 0.6) is 0 Å². The number of hydrogen-bond acceptors (Lipinski definition) is 2. The highest BCUT2D eigenvalue weighted by atomic mass is 32.2. The Morgan fingerprint density at radius 1 is 0.591 bits per heavy atom. The van der Waals surface area contributed by atoms with E-state index in [0.29, 0.717) is 0 Å². The first-order chi connectivity index (χ1) is 10.9. The minimum Gasteiger partial charge on any atom is -0.0969 e. The van der Waals surface area contributed by atoms with Gasteiger partial charge in [-0.3, -0.25) is 0 Å². The van der Waals surface area contributed by atoms with Crippen molar-refractivity contribution in [3.8, 4) is 0 Å². The van der Waals surface area contributed by atoms with Crippen LogP contribution in [0.4, 0.5) is 0 Å². The summed E-state index contributed by atoms with van der Waals surface area (Å²) in [6, 6.07) is 31.5. The molecule has 0 N–H and O–H groups in total. The molecule has 3 rings (SSSR count). The summed E-state index contributed by atoms with van der Waals surface area (Å²) < 4.78 is 0. The van der Waals surface area contributed by atoms with E-state index in [4.69, 9.17) is 0 Å². The zero-order chi connectivity index (χ0) is 15.0. The van der Waals surface area contributed by atoms with Gasteiger partial charge in [-0.25, -0.2) is 0 Å². The molecule has 0 aromatic heterocycles. The molecule has 0 radical (unpaired) electrons. The Morgan fingerprint density at radius 3 is 1.68 bits per heavy atom. The van der Waals surface area contributed by atoms with Crippen LogP contribution in [0.15, 0.2) is 106 Å². The van der Waals surface area contributed by atoms with Crippen molar-refractivity contribution in [2.45, 2.75) is 9.79 Å². The molecule has 0 spiro atoms. The number of hydrogen-bond donors (Lipinski definition) is 0. The first kappa shape index (κ1) is 15.0. The van der Waals surface area contributed by atoms with Gasteiger partial charge >= 0.3 is 0 Å². The molecule has 2 heteroatoms. The van der Waals surface area contributed by atoms with Crippen LogP contribution < -0.4 is 0 Å². The van der Waals surface area contributed by atoms with Gasteiger partial charge in [-0.2, -0.15) is 0 Å². The zero-order valence-electron chi connectivity index (χ0n) is 12.1. The van der Waals surface area contributed by atoms with Crippen molar-refractivity contribution in [2.24, 2.45) is 0 Å². The van der Waals surface area contributed by atoms with Crippen molar-refractivity contribution in [3.63, 3.8) is 0 Å². The van der Waals surface area contributed by atoms with E-state index in [1.807, 2.05) is 6.07 Å². The van der Waals surface area contributed by atoms with Crippen molar-refractivity contribution in [1.82, 2.24) is 0 Å². The third-order valence-electron chi connectivity index (χ3n) is 3.07. The Hall–Kier alpha value is -1.90. The van der Waals surface area contributed by atoms with Crippen molar-refractivity contribution in [2.75, 3.05) is 0 Å². The lowest BCUT2D eigenvalue weighted by molar-refractivity contribution is 1.47. The van der Waals surface area contributed by atoms with E-state index in [-0.39, 0.29) is 0 Å². The molecule has 108 valence electrons. The van der Waals surface area contributed by atoms with E-state index in [1.54, 1.807) is 23.5 Å². The first-order valence-electron chi connectivity index (χ1n) is 7.12. The molecule has 0 heterocycles. The third kappa shape index (κ3) is 4.30. The Kier molecular flexibility index (Phi) is 5.41. The van der Waals surface area contributed by atoms with E-state index < -0.39 is 0 Å². The summed E-state index contributed by atoms with van der Waals surface area (Å²) in [7, 11) is 0. The summed E-state index contributed by atoms with van der Waals surface area (Å²) in [6.45, 7) is 0. The quantitative estimate of drug-likeness (QED) is 0.488. The molecule has 0 aliphatic carbocycles. The van der Waals surface area contributed by atoms with Gasteiger partial charge in [0.2, 0.25) is 0 Å². The molecule has 0 nitrogen and oxygen atoms in total. The minimum atomic E-state index is 1.25. The predicted molar refractivity (Wildman–Crippen MR) is 99.0 cm³/mol. The second kappa shape index (κ2) is 7.92. The maximum atomic E-state index is 2.24. The Balaban J connectivity index is 1.86. The summed E-state index contributed by atoms with van der Waals surface area (Å²) in [4.78, 5) is 3.77. The molecule has 3 aromatic carbocycles. The topological polar surface area (TPSA) is 0 Å². The van der Waals surface area contributed by atoms with Gasteiger partial charge in [0.25, 0.3) is 0 Å². The van der Waals surface area contributed by atoms with E-state index in [0.717, 1.165) is 0 Å². The average molecular weight is 320 g/mol. The second-order valence-electron chi connectivity index (χ2n) is 4.69. The van der Waals surface area contributed by atoms with Gasteiger partial charge in [0, 0.05) is 14.7 Å². The molecule has 0 amide bonds. The molecule has 0 fully saturated rings. The standard InChI is InChI=1S/C20H16S2/c1-4-10-17(11-5-1)20(22-19-14-8-3-9-15-19)16-21-18-12-6-2-7-13-18/h1-16H. The number of thioether (sulfide) groups is 2. The second-order valence-corrected chi connectivity index (χ2v) is 6.75. The molecular formula is C20H16S2. The lowest BCUT2D eigenvalue weighted by atomic mass is 10.2. The first-order valence-corrected chi connectivity index (χ1v) is 8.81. The highest BCUT2D eigenvalue weighted by Crippen LogP contribution is 2.37. The van der Waals surface area contributed by atoms with Crippen LogP contribution in [0, 0.1) is 0 Å². The van der Waals surface area contributed by atoms with Crippen LogP contribution in [0.25, 0.3) is 4.91 Å². The number of benzene rings is 3. The van der Waals surface area contributed by atoms with Gasteiger partial charge in [-0.1, -0.05) is 90.3 Å². The van der Waals surface area contributed by atoms with Gasteiger partial charge in [-0.15, -0.1) is 0 Å². The summed E-state index contributed by atoms with van der Waals surface area (Å²) in [5.41, 5.74) is 1.25. The molecule has 22 heavy (non-hydrogen) atoms.